The van der Waals surface area contributed by atoms with Gasteiger partial charge < -0.3 is 10.1 Å². The maximum atomic E-state index is 5.13. The summed E-state index contributed by atoms with van der Waals surface area (Å²) in [5.41, 5.74) is 0.123. The zero-order valence-corrected chi connectivity index (χ0v) is 12.1. The Morgan fingerprint density at radius 1 is 1.39 bits per heavy atom. The highest BCUT2D eigenvalue weighted by atomic mass is 16.5. The normalized spacial score (nSPS) is 12.3. The van der Waals surface area contributed by atoms with Crippen molar-refractivity contribution in [3.8, 4) is 0 Å². The lowest BCUT2D eigenvalue weighted by atomic mass is 9.90. The van der Waals surface area contributed by atoms with Crippen LogP contribution in [0.4, 0.5) is 0 Å². The molecule has 0 spiro atoms. The molecule has 1 aromatic rings. The van der Waals surface area contributed by atoms with Gasteiger partial charge in [0.1, 0.15) is 0 Å². The molecule has 0 aliphatic carbocycles. The number of nitrogens with zero attached hydrogens (tertiary/aromatic N) is 4. The SMILES string of the molecule is COCCC(C)(C)Cn1nnnc1CNC(C)C. The second kappa shape index (κ2) is 6.80. The molecule has 6 nitrogen and oxygen atoms in total. The van der Waals surface area contributed by atoms with E-state index in [-0.39, 0.29) is 5.41 Å². The molecular weight excluding hydrogens is 230 g/mol. The van der Waals surface area contributed by atoms with Gasteiger partial charge in [0.2, 0.25) is 0 Å². The Hall–Kier alpha value is -1.01. The van der Waals surface area contributed by atoms with Gasteiger partial charge in [0.25, 0.3) is 0 Å². The highest BCUT2D eigenvalue weighted by molar-refractivity contribution is 4.83. The lowest BCUT2D eigenvalue weighted by Crippen LogP contribution is -2.27. The third kappa shape index (κ3) is 5.10. The van der Waals surface area contributed by atoms with Gasteiger partial charge in [-0.1, -0.05) is 27.7 Å². The van der Waals surface area contributed by atoms with Gasteiger partial charge in [0.15, 0.2) is 5.82 Å². The summed E-state index contributed by atoms with van der Waals surface area (Å²) < 4.78 is 7.01. The summed E-state index contributed by atoms with van der Waals surface area (Å²) in [5, 5.41) is 15.2. The lowest BCUT2D eigenvalue weighted by molar-refractivity contribution is 0.139. The van der Waals surface area contributed by atoms with Crippen LogP contribution in [0.2, 0.25) is 0 Å². The molecule has 0 atom stereocenters. The Morgan fingerprint density at radius 2 is 2.11 bits per heavy atom. The minimum Gasteiger partial charge on any atom is -0.385 e. The van der Waals surface area contributed by atoms with Crippen LogP contribution in [-0.2, 0) is 17.8 Å². The maximum absolute atomic E-state index is 5.13. The largest absolute Gasteiger partial charge is 0.385 e. The Kier molecular flexibility index (Phi) is 5.68. The molecule has 0 fully saturated rings. The second-order valence-corrected chi connectivity index (χ2v) is 5.70. The van der Waals surface area contributed by atoms with Crippen LogP contribution in [0.25, 0.3) is 0 Å². The third-order valence-electron chi connectivity index (χ3n) is 2.84. The molecule has 104 valence electrons. The summed E-state index contributed by atoms with van der Waals surface area (Å²) in [6.07, 6.45) is 0.987. The molecule has 0 amide bonds. The van der Waals surface area contributed by atoms with Gasteiger partial charge in [-0.05, 0) is 22.3 Å². The molecule has 1 rings (SSSR count). The molecule has 0 aromatic carbocycles. The van der Waals surface area contributed by atoms with E-state index in [1.807, 2.05) is 4.68 Å². The zero-order chi connectivity index (χ0) is 13.6. The molecule has 0 radical (unpaired) electrons. The van der Waals surface area contributed by atoms with Crippen molar-refractivity contribution in [2.75, 3.05) is 13.7 Å². The van der Waals surface area contributed by atoms with Crippen LogP contribution >= 0.6 is 0 Å². The monoisotopic (exact) mass is 255 g/mol. The van der Waals surface area contributed by atoms with E-state index in [0.29, 0.717) is 12.6 Å². The molecule has 0 bridgehead atoms. The minimum absolute atomic E-state index is 0.123. The molecule has 18 heavy (non-hydrogen) atoms. The first-order chi connectivity index (χ1) is 8.44. The van der Waals surface area contributed by atoms with Crippen LogP contribution in [0, 0.1) is 5.41 Å². The van der Waals surface area contributed by atoms with E-state index in [1.54, 1.807) is 7.11 Å². The Bertz CT molecular complexity index is 348. The summed E-state index contributed by atoms with van der Waals surface area (Å²) in [7, 11) is 1.73. The van der Waals surface area contributed by atoms with E-state index in [1.165, 1.54) is 0 Å². The summed E-state index contributed by atoms with van der Waals surface area (Å²) in [5.74, 6) is 0.884. The molecule has 1 N–H and O–H groups in total. The quantitative estimate of drug-likeness (QED) is 0.757. The van der Waals surface area contributed by atoms with Crippen LogP contribution < -0.4 is 5.32 Å². The molecule has 6 heteroatoms. The first-order valence-corrected chi connectivity index (χ1v) is 6.42. The van der Waals surface area contributed by atoms with Crippen LogP contribution in [0.15, 0.2) is 0 Å². The second-order valence-electron chi connectivity index (χ2n) is 5.70. The molecule has 0 unspecified atom stereocenters. The molecule has 0 aliphatic rings. The van der Waals surface area contributed by atoms with Crippen molar-refractivity contribution in [1.29, 1.82) is 0 Å². The fourth-order valence-corrected chi connectivity index (χ4v) is 1.63. The minimum atomic E-state index is 0.123. The van der Waals surface area contributed by atoms with E-state index in [4.69, 9.17) is 4.74 Å². The summed E-state index contributed by atoms with van der Waals surface area (Å²) >= 11 is 0. The predicted molar refractivity (Wildman–Crippen MR) is 70.1 cm³/mol. The van der Waals surface area contributed by atoms with Crippen molar-refractivity contribution >= 4 is 0 Å². The van der Waals surface area contributed by atoms with Gasteiger partial charge >= 0.3 is 0 Å². The smallest absolute Gasteiger partial charge is 0.165 e. The number of rotatable bonds is 8. The first kappa shape index (κ1) is 15.0. The summed E-state index contributed by atoms with van der Waals surface area (Å²) in [4.78, 5) is 0. The van der Waals surface area contributed by atoms with Crippen molar-refractivity contribution in [3.63, 3.8) is 0 Å². The molecular formula is C12H25N5O. The maximum Gasteiger partial charge on any atom is 0.165 e. The topological polar surface area (TPSA) is 64.9 Å². The number of hydrogen-bond acceptors (Lipinski definition) is 5. The highest BCUT2D eigenvalue weighted by Crippen LogP contribution is 2.22. The zero-order valence-electron chi connectivity index (χ0n) is 12.1. The van der Waals surface area contributed by atoms with E-state index in [2.05, 4.69) is 48.5 Å². The summed E-state index contributed by atoms with van der Waals surface area (Å²) in [6, 6.07) is 0.427. The molecule has 1 aromatic heterocycles. The van der Waals surface area contributed by atoms with Crippen molar-refractivity contribution in [2.45, 2.75) is 53.2 Å². The summed E-state index contributed by atoms with van der Waals surface area (Å²) in [6.45, 7) is 10.9. The Labute approximate surface area is 109 Å². The molecule has 0 saturated carbocycles. The van der Waals surface area contributed by atoms with E-state index in [9.17, 15) is 0 Å². The molecule has 0 aliphatic heterocycles. The van der Waals surface area contributed by atoms with Crippen LogP contribution in [-0.4, -0.2) is 40.0 Å². The van der Waals surface area contributed by atoms with Gasteiger partial charge in [0.05, 0.1) is 13.1 Å². The Morgan fingerprint density at radius 3 is 2.72 bits per heavy atom. The van der Waals surface area contributed by atoms with Crippen molar-refractivity contribution in [1.82, 2.24) is 25.5 Å². The number of ether oxygens (including phenoxy) is 1. The van der Waals surface area contributed by atoms with E-state index in [0.717, 1.165) is 25.4 Å². The number of aromatic nitrogens is 4. The predicted octanol–water partition coefficient (Wildman–Crippen LogP) is 1.23. The van der Waals surface area contributed by atoms with Crippen molar-refractivity contribution < 1.29 is 4.74 Å². The van der Waals surface area contributed by atoms with Gasteiger partial charge in [-0.3, -0.25) is 0 Å². The third-order valence-corrected chi connectivity index (χ3v) is 2.84. The Balaban J connectivity index is 2.58. The van der Waals surface area contributed by atoms with Crippen molar-refractivity contribution in [2.24, 2.45) is 5.41 Å². The van der Waals surface area contributed by atoms with Gasteiger partial charge in [-0.2, -0.15) is 0 Å². The number of hydrogen-bond donors (Lipinski definition) is 1. The average molecular weight is 255 g/mol. The van der Waals surface area contributed by atoms with Gasteiger partial charge in [-0.25, -0.2) is 4.68 Å². The number of tetrazole rings is 1. The average Bonchev–Trinajstić information content (AvgIpc) is 2.70. The highest BCUT2D eigenvalue weighted by Gasteiger charge is 2.21. The number of nitrogens with one attached hydrogen (secondary N) is 1. The van der Waals surface area contributed by atoms with E-state index >= 15 is 0 Å². The lowest BCUT2D eigenvalue weighted by Gasteiger charge is -2.24. The van der Waals surface area contributed by atoms with Crippen LogP contribution in [0.1, 0.15) is 39.9 Å². The standard InChI is InChI=1S/C12H25N5O/c1-10(2)13-8-11-14-15-16-17(11)9-12(3,4)6-7-18-5/h10,13H,6-9H2,1-5H3. The first-order valence-electron chi connectivity index (χ1n) is 6.42. The van der Waals surface area contributed by atoms with Crippen molar-refractivity contribution in [3.05, 3.63) is 5.82 Å². The van der Waals surface area contributed by atoms with Crippen LogP contribution in [0.3, 0.4) is 0 Å². The molecule has 1 heterocycles. The molecule has 0 saturated heterocycles. The number of methoxy groups -OCH3 is 1. The van der Waals surface area contributed by atoms with Gasteiger partial charge in [0, 0.05) is 19.8 Å². The van der Waals surface area contributed by atoms with Crippen LogP contribution in [0.5, 0.6) is 0 Å². The fourth-order valence-electron chi connectivity index (χ4n) is 1.63. The van der Waals surface area contributed by atoms with E-state index < -0.39 is 0 Å². The fraction of sp³-hybridized carbons (Fsp3) is 0.917. The van der Waals surface area contributed by atoms with Gasteiger partial charge in [-0.15, -0.1) is 5.10 Å².